The third-order valence-corrected chi connectivity index (χ3v) is 3.67. The summed E-state index contributed by atoms with van der Waals surface area (Å²) in [4.78, 5) is 19.3. The van der Waals surface area contributed by atoms with Gasteiger partial charge in [-0.05, 0) is 46.1 Å². The first-order valence-corrected chi connectivity index (χ1v) is 7.39. The Kier molecular flexibility index (Phi) is 4.98. The van der Waals surface area contributed by atoms with E-state index < -0.39 is 0 Å². The average Bonchev–Trinajstić information content (AvgIpc) is 2.40. The van der Waals surface area contributed by atoms with Crippen LogP contribution in [0.5, 0.6) is 0 Å². The Morgan fingerprint density at radius 2 is 2.14 bits per heavy atom. The number of nitrogens with two attached hydrogens (primary N) is 1. The molecule has 1 aromatic carbocycles. The van der Waals surface area contributed by atoms with Gasteiger partial charge in [-0.1, -0.05) is 17.7 Å². The first-order chi connectivity index (χ1) is 9.91. The van der Waals surface area contributed by atoms with Gasteiger partial charge >= 0.3 is 0 Å². The fourth-order valence-corrected chi connectivity index (χ4v) is 2.60. The molecule has 2 N–H and O–H groups in total. The molecule has 0 saturated heterocycles. The van der Waals surface area contributed by atoms with Gasteiger partial charge in [-0.25, -0.2) is 4.98 Å². The normalized spacial score (nSPS) is 13.0. The highest BCUT2D eigenvalue weighted by molar-refractivity contribution is 6.35. The summed E-state index contributed by atoms with van der Waals surface area (Å²) in [7, 11) is 4.01. The zero-order chi connectivity index (χ0) is 15.6. The highest BCUT2D eigenvalue weighted by Gasteiger charge is 2.15. The lowest BCUT2D eigenvalue weighted by molar-refractivity contribution is 0.381. The lowest BCUT2D eigenvalue weighted by Crippen LogP contribution is -2.30. The lowest BCUT2D eigenvalue weighted by Gasteiger charge is -2.17. The van der Waals surface area contributed by atoms with Gasteiger partial charge < -0.3 is 10.6 Å². The molecule has 0 aliphatic rings. The van der Waals surface area contributed by atoms with Crippen molar-refractivity contribution >= 4 is 22.5 Å². The average molecular weight is 309 g/mol. The molecule has 0 aliphatic heterocycles. The molecule has 21 heavy (non-hydrogen) atoms. The summed E-state index contributed by atoms with van der Waals surface area (Å²) in [5.74, 6) is 0.605. The van der Waals surface area contributed by atoms with Crippen molar-refractivity contribution < 1.29 is 0 Å². The molecular weight excluding hydrogens is 288 g/mol. The summed E-state index contributed by atoms with van der Waals surface area (Å²) < 4.78 is 1.66. The second kappa shape index (κ2) is 6.56. The number of hydrogen-bond acceptors (Lipinski definition) is 4. The van der Waals surface area contributed by atoms with Gasteiger partial charge in [-0.15, -0.1) is 0 Å². The third-order valence-electron chi connectivity index (χ3n) is 3.36. The van der Waals surface area contributed by atoms with Crippen molar-refractivity contribution in [3.05, 3.63) is 39.4 Å². The maximum absolute atomic E-state index is 12.7. The van der Waals surface area contributed by atoms with E-state index in [0.29, 0.717) is 28.3 Å². The van der Waals surface area contributed by atoms with E-state index in [4.69, 9.17) is 17.3 Å². The highest BCUT2D eigenvalue weighted by atomic mass is 35.5. The topological polar surface area (TPSA) is 64.1 Å². The van der Waals surface area contributed by atoms with Crippen molar-refractivity contribution in [2.24, 2.45) is 5.73 Å². The monoisotopic (exact) mass is 308 g/mol. The van der Waals surface area contributed by atoms with Gasteiger partial charge in [-0.3, -0.25) is 9.36 Å². The molecule has 1 heterocycles. The summed E-state index contributed by atoms with van der Waals surface area (Å²) >= 11 is 6.16. The van der Waals surface area contributed by atoms with Crippen molar-refractivity contribution in [3.8, 4) is 0 Å². The molecule has 0 spiro atoms. The number of nitrogens with zero attached hydrogens (tertiary/aromatic N) is 3. The van der Waals surface area contributed by atoms with E-state index in [1.54, 1.807) is 22.8 Å². The molecule has 114 valence electrons. The summed E-state index contributed by atoms with van der Waals surface area (Å²) in [6.07, 6.45) is 0.851. The Morgan fingerprint density at radius 3 is 2.76 bits per heavy atom. The second-order valence-electron chi connectivity index (χ2n) is 5.51. The fraction of sp³-hybridized carbons (Fsp3) is 0.467. The van der Waals surface area contributed by atoms with Gasteiger partial charge in [0.25, 0.3) is 5.56 Å². The van der Waals surface area contributed by atoms with Gasteiger partial charge in [0, 0.05) is 6.54 Å². The van der Waals surface area contributed by atoms with E-state index in [-0.39, 0.29) is 11.6 Å². The standard InChI is InChI=1S/C15H21ClN4O/c1-10(17)14-18-12-7-4-6-11(16)13(12)15(21)20(14)9-5-8-19(2)3/h4,6-7,10H,5,8-9,17H2,1-3H3. The summed E-state index contributed by atoms with van der Waals surface area (Å²) in [5.41, 5.74) is 6.46. The molecular formula is C15H21ClN4O. The summed E-state index contributed by atoms with van der Waals surface area (Å²) in [6, 6.07) is 4.99. The molecule has 0 aliphatic carbocycles. The van der Waals surface area contributed by atoms with Crippen LogP contribution in [-0.2, 0) is 6.54 Å². The maximum atomic E-state index is 12.7. The second-order valence-corrected chi connectivity index (χ2v) is 5.91. The van der Waals surface area contributed by atoms with E-state index >= 15 is 0 Å². The van der Waals surface area contributed by atoms with Crippen LogP contribution >= 0.6 is 11.6 Å². The van der Waals surface area contributed by atoms with Crippen LogP contribution in [0.1, 0.15) is 25.2 Å². The Balaban J connectivity index is 2.55. The molecule has 0 amide bonds. The lowest BCUT2D eigenvalue weighted by atomic mass is 10.2. The third kappa shape index (κ3) is 3.43. The molecule has 5 nitrogen and oxygen atoms in total. The minimum Gasteiger partial charge on any atom is -0.322 e. The molecule has 2 rings (SSSR count). The molecule has 0 bridgehead atoms. The predicted octanol–water partition coefficient (Wildman–Crippen LogP) is 2.02. The quantitative estimate of drug-likeness (QED) is 0.918. The van der Waals surface area contributed by atoms with Crippen LogP contribution in [0, 0.1) is 0 Å². The van der Waals surface area contributed by atoms with Crippen LogP contribution < -0.4 is 11.3 Å². The predicted molar refractivity (Wildman–Crippen MR) is 86.8 cm³/mol. The van der Waals surface area contributed by atoms with E-state index in [2.05, 4.69) is 9.88 Å². The number of halogens is 1. The van der Waals surface area contributed by atoms with E-state index in [0.717, 1.165) is 13.0 Å². The van der Waals surface area contributed by atoms with Crippen LogP contribution in [0.3, 0.4) is 0 Å². The molecule has 0 saturated carbocycles. The molecule has 1 unspecified atom stereocenters. The minimum absolute atomic E-state index is 0.114. The Labute approximate surface area is 129 Å². The minimum atomic E-state index is -0.305. The van der Waals surface area contributed by atoms with E-state index in [1.165, 1.54) is 0 Å². The highest BCUT2D eigenvalue weighted by Crippen LogP contribution is 2.20. The fourth-order valence-electron chi connectivity index (χ4n) is 2.35. The van der Waals surface area contributed by atoms with Gasteiger partial charge in [0.15, 0.2) is 0 Å². The molecule has 6 heteroatoms. The van der Waals surface area contributed by atoms with Crippen LogP contribution in [0.4, 0.5) is 0 Å². The molecule has 0 radical (unpaired) electrons. The van der Waals surface area contributed by atoms with Gasteiger partial charge in [-0.2, -0.15) is 0 Å². The van der Waals surface area contributed by atoms with Crippen LogP contribution in [0.25, 0.3) is 10.9 Å². The molecule has 0 fully saturated rings. The Bertz CT molecular complexity index is 694. The molecule has 1 atom stereocenters. The van der Waals surface area contributed by atoms with Crippen molar-refractivity contribution in [2.45, 2.75) is 25.9 Å². The Hall–Kier alpha value is -1.43. The first kappa shape index (κ1) is 15.9. The largest absolute Gasteiger partial charge is 0.322 e. The zero-order valence-electron chi connectivity index (χ0n) is 12.6. The van der Waals surface area contributed by atoms with Crippen molar-refractivity contribution in [3.63, 3.8) is 0 Å². The molecule has 1 aromatic heterocycles. The van der Waals surface area contributed by atoms with Crippen LogP contribution in [0.15, 0.2) is 23.0 Å². The Morgan fingerprint density at radius 1 is 1.43 bits per heavy atom. The van der Waals surface area contributed by atoms with E-state index in [9.17, 15) is 4.79 Å². The zero-order valence-corrected chi connectivity index (χ0v) is 13.4. The van der Waals surface area contributed by atoms with Crippen molar-refractivity contribution in [1.29, 1.82) is 0 Å². The van der Waals surface area contributed by atoms with Gasteiger partial charge in [0.2, 0.25) is 0 Å². The maximum Gasteiger partial charge on any atom is 0.262 e. The number of benzene rings is 1. The van der Waals surface area contributed by atoms with Gasteiger partial charge in [0.1, 0.15) is 5.82 Å². The number of rotatable bonds is 5. The molecule has 2 aromatic rings. The smallest absolute Gasteiger partial charge is 0.262 e. The summed E-state index contributed by atoms with van der Waals surface area (Å²) in [6.45, 7) is 3.31. The van der Waals surface area contributed by atoms with Gasteiger partial charge in [0.05, 0.1) is 22.0 Å². The SMILES string of the molecule is CC(N)c1nc2cccc(Cl)c2c(=O)n1CCCN(C)C. The van der Waals surface area contributed by atoms with Crippen molar-refractivity contribution in [2.75, 3.05) is 20.6 Å². The number of fused-ring (bicyclic) bond motifs is 1. The number of aromatic nitrogens is 2. The van der Waals surface area contributed by atoms with Crippen molar-refractivity contribution in [1.82, 2.24) is 14.5 Å². The number of hydrogen-bond donors (Lipinski definition) is 1. The van der Waals surface area contributed by atoms with E-state index in [1.807, 2.05) is 21.0 Å². The van der Waals surface area contributed by atoms with Crippen LogP contribution in [0.2, 0.25) is 5.02 Å². The summed E-state index contributed by atoms with van der Waals surface area (Å²) in [5, 5.41) is 0.899. The van der Waals surface area contributed by atoms with Crippen LogP contribution in [-0.4, -0.2) is 35.1 Å². The first-order valence-electron chi connectivity index (χ1n) is 7.01.